The molecule has 0 radical (unpaired) electrons. The molecule has 7 N–H and O–H groups in total. The Bertz CT molecular complexity index is 988. The summed E-state index contributed by atoms with van der Waals surface area (Å²) in [7, 11) is 0. The van der Waals surface area contributed by atoms with Gasteiger partial charge >= 0.3 is 0 Å². The number of halogens is 1. The van der Waals surface area contributed by atoms with Crippen molar-refractivity contribution in [1.82, 2.24) is 16.0 Å². The Morgan fingerprint density at radius 1 is 1.18 bits per heavy atom. The van der Waals surface area contributed by atoms with Crippen LogP contribution in [0.4, 0.5) is 5.69 Å². The van der Waals surface area contributed by atoms with E-state index in [1.54, 1.807) is 0 Å². The molecule has 1 saturated heterocycles. The van der Waals surface area contributed by atoms with Crippen molar-refractivity contribution in [3.05, 3.63) is 59.1 Å². The minimum absolute atomic E-state index is 0.120. The number of phenols is 1. The molecule has 1 aliphatic rings. The number of hydrogen-bond acceptors (Lipinski definition) is 6. The molecule has 33 heavy (non-hydrogen) atoms. The number of nitrogens with two attached hydrogens (primary N) is 1. The second-order valence-corrected chi connectivity index (χ2v) is 8.34. The standard InChI is InChI=1S/C23H28ClN5O4/c24-15-7-9-20(30)18(10-15)29-22(32)17(8-6-14-4-2-1-3-5-14)28-23(33)19-11-16(13-26-19)27-21(31)12-25/h1-5,7,9-10,16-17,19,26,30H,6,8,11-13,25H2,(H,27,31)(H,28,33)(H,29,32)/t16-,17?,19+/m1/s1. The molecule has 2 aromatic carbocycles. The van der Waals surface area contributed by atoms with Crippen LogP contribution in [0.25, 0.3) is 0 Å². The molecule has 0 saturated carbocycles. The van der Waals surface area contributed by atoms with Crippen LogP contribution in [0.1, 0.15) is 18.4 Å². The fraction of sp³-hybridized carbons (Fsp3) is 0.348. The highest BCUT2D eigenvalue weighted by Crippen LogP contribution is 2.26. The molecule has 1 unspecified atom stereocenters. The number of carbonyl (C=O) groups excluding carboxylic acids is 3. The summed E-state index contributed by atoms with van der Waals surface area (Å²) in [5.74, 6) is -1.23. The van der Waals surface area contributed by atoms with E-state index in [0.29, 0.717) is 30.8 Å². The van der Waals surface area contributed by atoms with Crippen LogP contribution < -0.4 is 27.0 Å². The molecule has 2 aromatic rings. The van der Waals surface area contributed by atoms with Crippen molar-refractivity contribution in [2.24, 2.45) is 5.73 Å². The summed E-state index contributed by atoms with van der Waals surface area (Å²) in [5, 5.41) is 21.7. The summed E-state index contributed by atoms with van der Waals surface area (Å²) in [6.45, 7) is 0.312. The van der Waals surface area contributed by atoms with Gasteiger partial charge in [0.05, 0.1) is 18.3 Å². The maximum absolute atomic E-state index is 13.0. The highest BCUT2D eigenvalue weighted by atomic mass is 35.5. The number of amides is 3. The smallest absolute Gasteiger partial charge is 0.247 e. The third kappa shape index (κ3) is 7.18. The molecule has 9 nitrogen and oxygen atoms in total. The molecule has 10 heteroatoms. The van der Waals surface area contributed by atoms with Gasteiger partial charge in [-0.1, -0.05) is 41.9 Å². The van der Waals surface area contributed by atoms with E-state index in [0.717, 1.165) is 5.56 Å². The van der Waals surface area contributed by atoms with E-state index in [4.69, 9.17) is 17.3 Å². The molecule has 0 spiro atoms. The molecular formula is C23H28ClN5O4. The van der Waals surface area contributed by atoms with Gasteiger partial charge in [-0.15, -0.1) is 0 Å². The topological polar surface area (TPSA) is 146 Å². The molecule has 0 aliphatic carbocycles. The fourth-order valence-corrected chi connectivity index (χ4v) is 3.83. The van der Waals surface area contributed by atoms with Crippen LogP contribution in [-0.4, -0.2) is 54.0 Å². The molecule has 1 aliphatic heterocycles. The van der Waals surface area contributed by atoms with E-state index >= 15 is 0 Å². The van der Waals surface area contributed by atoms with Gasteiger partial charge in [0.25, 0.3) is 0 Å². The quantitative estimate of drug-likeness (QED) is 0.298. The lowest BCUT2D eigenvalue weighted by molar-refractivity contribution is -0.127. The van der Waals surface area contributed by atoms with Crippen LogP contribution in [-0.2, 0) is 20.8 Å². The van der Waals surface area contributed by atoms with Crippen LogP contribution in [0.3, 0.4) is 0 Å². The van der Waals surface area contributed by atoms with Gasteiger partial charge in [0, 0.05) is 17.6 Å². The number of hydrogen-bond donors (Lipinski definition) is 6. The zero-order valence-corrected chi connectivity index (χ0v) is 18.8. The number of phenolic OH excluding ortho intramolecular Hbond substituents is 1. The summed E-state index contributed by atoms with van der Waals surface area (Å²) in [6.07, 6.45) is 1.30. The number of benzene rings is 2. The second-order valence-electron chi connectivity index (χ2n) is 7.90. The Morgan fingerprint density at radius 3 is 2.67 bits per heavy atom. The summed E-state index contributed by atoms with van der Waals surface area (Å²) in [6, 6.07) is 12.3. The highest BCUT2D eigenvalue weighted by Gasteiger charge is 2.32. The average molecular weight is 474 g/mol. The van der Waals surface area contributed by atoms with Gasteiger partial charge in [0.1, 0.15) is 11.8 Å². The van der Waals surface area contributed by atoms with Crippen molar-refractivity contribution in [2.75, 3.05) is 18.4 Å². The highest BCUT2D eigenvalue weighted by molar-refractivity contribution is 6.31. The molecule has 0 bridgehead atoms. The molecule has 1 fully saturated rings. The van der Waals surface area contributed by atoms with Crippen molar-refractivity contribution < 1.29 is 19.5 Å². The number of aromatic hydroxyl groups is 1. The Balaban J connectivity index is 1.67. The minimum Gasteiger partial charge on any atom is -0.506 e. The lowest BCUT2D eigenvalue weighted by atomic mass is 10.0. The summed E-state index contributed by atoms with van der Waals surface area (Å²) in [5.41, 5.74) is 6.51. The van der Waals surface area contributed by atoms with E-state index in [1.807, 2.05) is 30.3 Å². The normalized spacial score (nSPS) is 18.4. The first-order valence-corrected chi connectivity index (χ1v) is 11.1. The third-order valence-electron chi connectivity index (χ3n) is 5.41. The van der Waals surface area contributed by atoms with E-state index in [1.165, 1.54) is 18.2 Å². The van der Waals surface area contributed by atoms with Gasteiger partial charge in [-0.05, 0) is 43.0 Å². The van der Waals surface area contributed by atoms with Gasteiger partial charge in [-0.3, -0.25) is 14.4 Å². The molecule has 1 heterocycles. The Morgan fingerprint density at radius 2 is 1.94 bits per heavy atom. The third-order valence-corrected chi connectivity index (χ3v) is 5.65. The number of nitrogens with one attached hydrogen (secondary N) is 4. The van der Waals surface area contributed by atoms with Gasteiger partial charge in [-0.2, -0.15) is 0 Å². The SMILES string of the molecule is NCC(=O)N[C@H]1CN[C@H](C(=O)NC(CCc2ccccc2)C(=O)Nc2cc(Cl)ccc2O)C1. The van der Waals surface area contributed by atoms with Crippen molar-refractivity contribution in [3.63, 3.8) is 0 Å². The molecule has 3 rings (SSSR count). The minimum atomic E-state index is -0.851. The first kappa shape index (κ1) is 24.5. The van der Waals surface area contributed by atoms with Crippen molar-refractivity contribution in [1.29, 1.82) is 0 Å². The summed E-state index contributed by atoms with van der Waals surface area (Å²) < 4.78 is 0. The molecular weight excluding hydrogens is 446 g/mol. The number of aryl methyl sites for hydroxylation is 1. The molecule has 3 amide bonds. The second kappa shape index (κ2) is 11.6. The van der Waals surface area contributed by atoms with Crippen LogP contribution >= 0.6 is 11.6 Å². The maximum atomic E-state index is 13.0. The molecule has 176 valence electrons. The lowest BCUT2D eigenvalue weighted by Crippen LogP contribution is -2.50. The molecule has 0 aromatic heterocycles. The van der Waals surface area contributed by atoms with Gasteiger partial charge in [0.15, 0.2) is 0 Å². The maximum Gasteiger partial charge on any atom is 0.247 e. The summed E-state index contributed by atoms with van der Waals surface area (Å²) >= 11 is 5.97. The Labute approximate surface area is 197 Å². The first-order valence-electron chi connectivity index (χ1n) is 10.7. The average Bonchev–Trinajstić information content (AvgIpc) is 3.28. The largest absolute Gasteiger partial charge is 0.506 e. The predicted molar refractivity (Wildman–Crippen MR) is 126 cm³/mol. The van der Waals surface area contributed by atoms with Crippen LogP contribution in [0.15, 0.2) is 48.5 Å². The molecule has 3 atom stereocenters. The van der Waals surface area contributed by atoms with E-state index in [-0.39, 0.29) is 35.8 Å². The van der Waals surface area contributed by atoms with E-state index in [9.17, 15) is 19.5 Å². The van der Waals surface area contributed by atoms with Crippen LogP contribution in [0.5, 0.6) is 5.75 Å². The van der Waals surface area contributed by atoms with Crippen molar-refractivity contribution >= 4 is 35.0 Å². The van der Waals surface area contributed by atoms with E-state index < -0.39 is 18.0 Å². The zero-order valence-electron chi connectivity index (χ0n) is 18.0. The first-order chi connectivity index (χ1) is 15.9. The predicted octanol–water partition coefficient (Wildman–Crippen LogP) is 0.907. The fourth-order valence-electron chi connectivity index (χ4n) is 3.66. The summed E-state index contributed by atoms with van der Waals surface area (Å²) in [4.78, 5) is 37.4. The number of rotatable bonds is 9. The monoisotopic (exact) mass is 473 g/mol. The van der Waals surface area contributed by atoms with Gasteiger partial charge in [-0.25, -0.2) is 0 Å². The van der Waals surface area contributed by atoms with Crippen LogP contribution in [0.2, 0.25) is 5.02 Å². The number of carbonyl (C=O) groups is 3. The van der Waals surface area contributed by atoms with Crippen molar-refractivity contribution in [2.45, 2.75) is 37.4 Å². The lowest BCUT2D eigenvalue weighted by Gasteiger charge is -2.21. The van der Waals surface area contributed by atoms with E-state index in [2.05, 4.69) is 21.3 Å². The van der Waals surface area contributed by atoms with Gasteiger partial charge in [0.2, 0.25) is 17.7 Å². The Hall–Kier alpha value is -3.14. The van der Waals surface area contributed by atoms with Gasteiger partial charge < -0.3 is 32.1 Å². The number of anilines is 1. The van der Waals surface area contributed by atoms with Crippen LogP contribution in [0, 0.1) is 0 Å². The zero-order chi connectivity index (χ0) is 23.8. The van der Waals surface area contributed by atoms with Crippen molar-refractivity contribution in [3.8, 4) is 5.75 Å². The Kier molecular flexibility index (Phi) is 8.65.